The maximum Gasteiger partial charge on any atom is 0.267 e. The van der Waals surface area contributed by atoms with Gasteiger partial charge in [-0.25, -0.2) is 4.68 Å². The number of aryl methyl sites for hydroxylation is 2. The quantitative estimate of drug-likeness (QED) is 0.845. The first-order valence-electron chi connectivity index (χ1n) is 7.67. The van der Waals surface area contributed by atoms with E-state index in [0.717, 1.165) is 30.1 Å². The predicted molar refractivity (Wildman–Crippen MR) is 86.5 cm³/mol. The summed E-state index contributed by atoms with van der Waals surface area (Å²) >= 11 is 1.15. The fourth-order valence-corrected chi connectivity index (χ4v) is 3.44. The standard InChI is InChI=1S/C15H19N5O2S/c1-10-3-4-13(21)20(17-10)9-12-5-7-19(8-6-12)15(22)14-11(2)16-18-23-14/h3-4,12H,5-9H2,1-2H3. The molecule has 0 aromatic carbocycles. The van der Waals surface area contributed by atoms with Crippen molar-refractivity contribution in [1.82, 2.24) is 24.3 Å². The number of hydrogen-bond acceptors (Lipinski definition) is 6. The molecule has 1 aliphatic rings. The summed E-state index contributed by atoms with van der Waals surface area (Å²) in [5, 5.41) is 8.18. The Morgan fingerprint density at radius 2 is 2.04 bits per heavy atom. The first-order valence-corrected chi connectivity index (χ1v) is 8.45. The van der Waals surface area contributed by atoms with E-state index in [2.05, 4.69) is 14.7 Å². The number of amides is 1. The van der Waals surface area contributed by atoms with E-state index in [1.807, 2.05) is 11.8 Å². The molecule has 3 heterocycles. The molecule has 7 nitrogen and oxygen atoms in total. The van der Waals surface area contributed by atoms with Crippen LogP contribution in [0.3, 0.4) is 0 Å². The van der Waals surface area contributed by atoms with Crippen molar-refractivity contribution in [3.63, 3.8) is 0 Å². The molecule has 3 rings (SSSR count). The summed E-state index contributed by atoms with van der Waals surface area (Å²) < 4.78 is 5.36. The highest BCUT2D eigenvalue weighted by Crippen LogP contribution is 2.21. The molecule has 1 saturated heterocycles. The van der Waals surface area contributed by atoms with Crippen molar-refractivity contribution in [2.75, 3.05) is 13.1 Å². The third-order valence-corrected chi connectivity index (χ3v) is 4.99. The molecule has 122 valence electrons. The van der Waals surface area contributed by atoms with Crippen molar-refractivity contribution in [2.45, 2.75) is 33.2 Å². The van der Waals surface area contributed by atoms with Crippen LogP contribution in [0.1, 0.15) is 33.9 Å². The highest BCUT2D eigenvalue weighted by atomic mass is 32.1. The summed E-state index contributed by atoms with van der Waals surface area (Å²) in [6.45, 7) is 5.69. The molecule has 2 aromatic heterocycles. The van der Waals surface area contributed by atoms with E-state index in [1.165, 1.54) is 4.68 Å². The number of aromatic nitrogens is 4. The van der Waals surface area contributed by atoms with Crippen LogP contribution < -0.4 is 5.56 Å². The molecule has 0 N–H and O–H groups in total. The zero-order valence-electron chi connectivity index (χ0n) is 13.2. The Bertz CT molecular complexity index is 761. The Kier molecular flexibility index (Phi) is 4.51. The van der Waals surface area contributed by atoms with Crippen LogP contribution in [0.25, 0.3) is 0 Å². The normalized spacial score (nSPS) is 15.8. The SMILES string of the molecule is Cc1ccc(=O)n(CC2CCN(C(=O)c3snnc3C)CC2)n1. The lowest BCUT2D eigenvalue weighted by Gasteiger charge is -2.31. The van der Waals surface area contributed by atoms with Crippen LogP contribution in [0.5, 0.6) is 0 Å². The molecule has 0 unspecified atom stereocenters. The molecule has 0 spiro atoms. The maximum absolute atomic E-state index is 12.4. The van der Waals surface area contributed by atoms with Crippen LogP contribution in [-0.2, 0) is 6.54 Å². The summed E-state index contributed by atoms with van der Waals surface area (Å²) in [6.07, 6.45) is 1.75. The van der Waals surface area contributed by atoms with Crippen molar-refractivity contribution < 1.29 is 4.79 Å². The third-order valence-electron chi connectivity index (χ3n) is 4.18. The fraction of sp³-hybridized carbons (Fsp3) is 0.533. The van der Waals surface area contributed by atoms with E-state index < -0.39 is 0 Å². The summed E-state index contributed by atoms with van der Waals surface area (Å²) in [6, 6.07) is 3.28. The lowest BCUT2D eigenvalue weighted by Crippen LogP contribution is -2.40. The highest BCUT2D eigenvalue weighted by Gasteiger charge is 2.26. The van der Waals surface area contributed by atoms with Crippen molar-refractivity contribution in [1.29, 1.82) is 0 Å². The zero-order chi connectivity index (χ0) is 16.4. The fourth-order valence-electron chi connectivity index (χ4n) is 2.82. The molecule has 23 heavy (non-hydrogen) atoms. The second-order valence-corrected chi connectivity index (χ2v) is 6.67. The Hall–Kier alpha value is -2.09. The van der Waals surface area contributed by atoms with Crippen molar-refractivity contribution in [2.24, 2.45) is 5.92 Å². The molecule has 0 bridgehead atoms. The molecular formula is C15H19N5O2S. The van der Waals surface area contributed by atoms with Gasteiger partial charge in [0, 0.05) is 25.7 Å². The molecular weight excluding hydrogens is 314 g/mol. The topological polar surface area (TPSA) is 81.0 Å². The molecule has 8 heteroatoms. The summed E-state index contributed by atoms with van der Waals surface area (Å²) in [7, 11) is 0. The number of rotatable bonds is 3. The minimum absolute atomic E-state index is 0.0156. The van der Waals surface area contributed by atoms with E-state index in [9.17, 15) is 9.59 Å². The number of likely N-dealkylation sites (tertiary alicyclic amines) is 1. The Morgan fingerprint density at radius 1 is 1.30 bits per heavy atom. The lowest BCUT2D eigenvalue weighted by atomic mass is 9.96. The van der Waals surface area contributed by atoms with Crippen LogP contribution >= 0.6 is 11.5 Å². The Labute approximate surface area is 138 Å². The van der Waals surface area contributed by atoms with Gasteiger partial charge in [-0.2, -0.15) is 5.10 Å². The molecule has 1 fully saturated rings. The van der Waals surface area contributed by atoms with Crippen molar-refractivity contribution >= 4 is 17.4 Å². The molecule has 1 aliphatic heterocycles. The van der Waals surface area contributed by atoms with Gasteiger partial charge >= 0.3 is 0 Å². The lowest BCUT2D eigenvalue weighted by molar-refractivity contribution is 0.0684. The molecule has 2 aromatic rings. The molecule has 1 amide bonds. The third kappa shape index (κ3) is 3.47. The minimum atomic E-state index is -0.0690. The van der Waals surface area contributed by atoms with Gasteiger partial charge in [-0.15, -0.1) is 5.10 Å². The van der Waals surface area contributed by atoms with Crippen LogP contribution in [0, 0.1) is 19.8 Å². The minimum Gasteiger partial charge on any atom is -0.338 e. The molecule has 0 atom stereocenters. The van der Waals surface area contributed by atoms with Gasteiger partial charge in [0.1, 0.15) is 4.88 Å². The number of carbonyl (C=O) groups is 1. The smallest absolute Gasteiger partial charge is 0.267 e. The Balaban J connectivity index is 1.60. The largest absolute Gasteiger partial charge is 0.338 e. The van der Waals surface area contributed by atoms with Gasteiger partial charge in [-0.1, -0.05) is 4.49 Å². The van der Waals surface area contributed by atoms with Crippen molar-refractivity contribution in [3.05, 3.63) is 38.8 Å². The van der Waals surface area contributed by atoms with E-state index in [-0.39, 0.29) is 11.5 Å². The number of piperidine rings is 1. The van der Waals surface area contributed by atoms with Gasteiger partial charge in [0.05, 0.1) is 11.4 Å². The molecule has 0 aliphatic carbocycles. The summed E-state index contributed by atoms with van der Waals surface area (Å²) in [4.78, 5) is 26.7. The zero-order valence-corrected chi connectivity index (χ0v) is 14.0. The van der Waals surface area contributed by atoms with E-state index in [0.29, 0.717) is 36.1 Å². The number of nitrogens with zero attached hydrogens (tertiary/aromatic N) is 5. The average Bonchev–Trinajstić information content (AvgIpc) is 2.97. The van der Waals surface area contributed by atoms with Gasteiger partial charge in [-0.3, -0.25) is 9.59 Å². The monoisotopic (exact) mass is 333 g/mol. The highest BCUT2D eigenvalue weighted by molar-refractivity contribution is 7.07. The number of hydrogen-bond donors (Lipinski definition) is 0. The van der Waals surface area contributed by atoms with E-state index >= 15 is 0 Å². The van der Waals surface area contributed by atoms with Crippen molar-refractivity contribution in [3.8, 4) is 0 Å². The van der Waals surface area contributed by atoms with Crippen LogP contribution in [0.4, 0.5) is 0 Å². The van der Waals surface area contributed by atoms with Gasteiger partial charge in [0.15, 0.2) is 0 Å². The van der Waals surface area contributed by atoms with Crippen LogP contribution in [0.2, 0.25) is 0 Å². The van der Waals surface area contributed by atoms with Gasteiger partial charge in [0.25, 0.3) is 11.5 Å². The average molecular weight is 333 g/mol. The van der Waals surface area contributed by atoms with E-state index in [4.69, 9.17) is 0 Å². The first kappa shape index (κ1) is 15.8. The molecule has 0 saturated carbocycles. The maximum atomic E-state index is 12.4. The van der Waals surface area contributed by atoms with Crippen LogP contribution in [0.15, 0.2) is 16.9 Å². The second kappa shape index (κ2) is 6.57. The summed E-state index contributed by atoms with van der Waals surface area (Å²) in [5.41, 5.74) is 1.46. The summed E-state index contributed by atoms with van der Waals surface area (Å²) in [5.74, 6) is 0.383. The first-order chi connectivity index (χ1) is 11.0. The Morgan fingerprint density at radius 3 is 2.70 bits per heavy atom. The second-order valence-electron chi connectivity index (χ2n) is 5.92. The van der Waals surface area contributed by atoms with Crippen LogP contribution in [-0.4, -0.2) is 43.3 Å². The molecule has 0 radical (unpaired) electrons. The van der Waals surface area contributed by atoms with Gasteiger partial charge < -0.3 is 4.90 Å². The van der Waals surface area contributed by atoms with Gasteiger partial charge in [-0.05, 0) is 50.2 Å². The van der Waals surface area contributed by atoms with Gasteiger partial charge in [0.2, 0.25) is 0 Å². The number of carbonyl (C=O) groups excluding carboxylic acids is 1. The predicted octanol–water partition coefficient (Wildman–Crippen LogP) is 1.26. The van der Waals surface area contributed by atoms with E-state index in [1.54, 1.807) is 19.1 Å².